The van der Waals surface area contributed by atoms with Crippen LogP contribution in [0.2, 0.25) is 0 Å². The van der Waals surface area contributed by atoms with E-state index < -0.39 is 36.2 Å². The molecule has 4 unspecified atom stereocenters. The average molecular weight is 607 g/mol. The first-order valence-corrected chi connectivity index (χ1v) is 16.2. The van der Waals surface area contributed by atoms with Crippen LogP contribution in [0.5, 0.6) is 0 Å². The Morgan fingerprint density at radius 3 is 2.10 bits per heavy atom. The number of Topliss-reactive ketones (excluding diaryl/α,β-unsaturated/α-hetero) is 1. The molecule has 1 aromatic rings. The van der Waals surface area contributed by atoms with Crippen molar-refractivity contribution in [3.05, 3.63) is 48.0 Å². The molecule has 0 saturated carbocycles. The van der Waals surface area contributed by atoms with Gasteiger partial charge in [-0.3, -0.25) is 19.2 Å². The van der Waals surface area contributed by atoms with E-state index in [4.69, 9.17) is 18.9 Å². The lowest BCUT2D eigenvalue weighted by atomic mass is 10.1. The van der Waals surface area contributed by atoms with Gasteiger partial charge in [0.2, 0.25) is 0 Å². The predicted octanol–water partition coefficient (Wildman–Crippen LogP) is 6.78. The summed E-state index contributed by atoms with van der Waals surface area (Å²) in [5, 5.41) is 0. The van der Waals surface area contributed by atoms with Crippen molar-refractivity contribution in [1.82, 2.24) is 0 Å². The monoisotopic (exact) mass is 606 g/mol. The number of ketones is 1. The highest BCUT2D eigenvalue weighted by Crippen LogP contribution is 2.18. The average Bonchev–Trinajstić information content (AvgIpc) is 2.93. The van der Waals surface area contributed by atoms with Gasteiger partial charge in [-0.15, -0.1) is 0 Å². The van der Waals surface area contributed by atoms with Gasteiger partial charge in [0.05, 0.1) is 25.4 Å². The Morgan fingerprint density at radius 2 is 1.45 bits per heavy atom. The SMILES string of the molecule is CCC/C=C/CC(CC(C)=O)OC(=O)CC(CCCC)OC(=O)CC(C)OC(=O)CC(CSCc1ccccc1)OC. The van der Waals surface area contributed by atoms with Crippen molar-refractivity contribution >= 4 is 35.5 Å². The number of unbranched alkanes of at least 4 members (excludes halogenated alkanes) is 2. The summed E-state index contributed by atoms with van der Waals surface area (Å²) in [7, 11) is 1.56. The molecule has 0 aromatic heterocycles. The molecule has 0 aliphatic rings. The van der Waals surface area contributed by atoms with Crippen molar-refractivity contribution in [2.45, 2.75) is 122 Å². The van der Waals surface area contributed by atoms with Gasteiger partial charge in [0.25, 0.3) is 0 Å². The number of methoxy groups -OCH3 is 1. The molecular formula is C33H50O8S. The van der Waals surface area contributed by atoms with Crippen LogP contribution in [0.3, 0.4) is 0 Å². The van der Waals surface area contributed by atoms with Gasteiger partial charge >= 0.3 is 17.9 Å². The molecule has 0 bridgehead atoms. The summed E-state index contributed by atoms with van der Waals surface area (Å²) in [6.45, 7) is 7.19. The van der Waals surface area contributed by atoms with Crippen LogP contribution in [-0.4, -0.2) is 61.0 Å². The number of esters is 3. The molecule has 42 heavy (non-hydrogen) atoms. The molecule has 0 aliphatic heterocycles. The number of carbonyl (C=O) groups excluding carboxylic acids is 4. The number of hydrogen-bond donors (Lipinski definition) is 0. The predicted molar refractivity (Wildman–Crippen MR) is 166 cm³/mol. The quantitative estimate of drug-likeness (QED) is 0.0757. The van der Waals surface area contributed by atoms with E-state index in [0.29, 0.717) is 18.6 Å². The maximum Gasteiger partial charge on any atom is 0.309 e. The molecule has 0 amide bonds. The Hall–Kier alpha value is -2.65. The minimum atomic E-state index is -0.687. The number of carbonyl (C=O) groups is 4. The molecule has 0 aliphatic carbocycles. The van der Waals surface area contributed by atoms with Crippen LogP contribution in [0.25, 0.3) is 0 Å². The third-order valence-corrected chi connectivity index (χ3v) is 7.48. The highest BCUT2D eigenvalue weighted by atomic mass is 32.2. The normalized spacial score (nSPS) is 14.1. The van der Waals surface area contributed by atoms with Crippen molar-refractivity contribution in [2.24, 2.45) is 0 Å². The first kappa shape index (κ1) is 37.4. The molecule has 1 rings (SSSR count). The fraction of sp³-hybridized carbons (Fsp3) is 0.636. The van der Waals surface area contributed by atoms with E-state index in [9.17, 15) is 19.2 Å². The smallest absolute Gasteiger partial charge is 0.309 e. The van der Waals surface area contributed by atoms with Gasteiger partial charge in [0.1, 0.15) is 24.1 Å². The van der Waals surface area contributed by atoms with E-state index in [0.717, 1.165) is 31.4 Å². The van der Waals surface area contributed by atoms with Gasteiger partial charge in [-0.25, -0.2) is 0 Å². The Bertz CT molecular complexity index is 949. The molecule has 8 nitrogen and oxygen atoms in total. The largest absolute Gasteiger partial charge is 0.462 e. The number of ether oxygens (including phenoxy) is 4. The second kappa shape index (κ2) is 22.9. The zero-order chi connectivity index (χ0) is 31.2. The second-order valence-electron chi connectivity index (χ2n) is 10.5. The first-order valence-electron chi connectivity index (χ1n) is 15.0. The van der Waals surface area contributed by atoms with Crippen molar-refractivity contribution in [3.8, 4) is 0 Å². The standard InChI is InChI=1S/C33H50O8S/c1-6-8-10-14-18-28(19-25(3)34)40-33(37)21-29(17-9-7-2)41-31(35)20-26(4)39-32(36)22-30(38-5)24-42-23-27-15-12-11-13-16-27/h10-16,26,28-30H,6-9,17-24H2,1-5H3/b14-10+. The molecular weight excluding hydrogens is 556 g/mol. The van der Waals surface area contributed by atoms with E-state index in [1.807, 2.05) is 37.3 Å². The second-order valence-corrected chi connectivity index (χ2v) is 11.6. The van der Waals surface area contributed by atoms with Crippen LogP contribution in [0, 0.1) is 0 Å². The van der Waals surface area contributed by atoms with Crippen LogP contribution in [0.1, 0.15) is 97.5 Å². The molecule has 4 atom stereocenters. The maximum absolute atomic E-state index is 12.7. The summed E-state index contributed by atoms with van der Waals surface area (Å²) in [4.78, 5) is 49.5. The zero-order valence-corrected chi connectivity index (χ0v) is 26.8. The topological polar surface area (TPSA) is 105 Å². The molecule has 1 aromatic carbocycles. The van der Waals surface area contributed by atoms with Crippen molar-refractivity contribution < 1.29 is 38.1 Å². The fourth-order valence-corrected chi connectivity index (χ4v) is 5.20. The zero-order valence-electron chi connectivity index (χ0n) is 26.0. The molecule has 0 N–H and O–H groups in total. The van der Waals surface area contributed by atoms with Crippen LogP contribution in [-0.2, 0) is 43.9 Å². The van der Waals surface area contributed by atoms with Crippen LogP contribution in [0.15, 0.2) is 42.5 Å². The number of hydrogen-bond acceptors (Lipinski definition) is 9. The van der Waals surface area contributed by atoms with Gasteiger partial charge in [-0.1, -0.05) is 75.6 Å². The highest BCUT2D eigenvalue weighted by Gasteiger charge is 2.24. The van der Waals surface area contributed by atoms with E-state index in [1.54, 1.807) is 25.8 Å². The summed E-state index contributed by atoms with van der Waals surface area (Å²) in [6.07, 6.45) is 6.31. The fourth-order valence-electron chi connectivity index (χ4n) is 4.14. The van der Waals surface area contributed by atoms with Crippen LogP contribution < -0.4 is 0 Å². The minimum Gasteiger partial charge on any atom is -0.462 e. The molecule has 0 saturated heterocycles. The number of thioether (sulfide) groups is 1. The Morgan fingerprint density at radius 1 is 0.810 bits per heavy atom. The summed E-state index contributed by atoms with van der Waals surface area (Å²) >= 11 is 1.68. The number of benzene rings is 1. The maximum atomic E-state index is 12.7. The van der Waals surface area contributed by atoms with Crippen molar-refractivity contribution in [2.75, 3.05) is 12.9 Å². The van der Waals surface area contributed by atoms with Gasteiger partial charge in [0, 0.05) is 31.5 Å². The van der Waals surface area contributed by atoms with Gasteiger partial charge < -0.3 is 18.9 Å². The number of allylic oxidation sites excluding steroid dienone is 1. The van der Waals surface area contributed by atoms with Crippen molar-refractivity contribution in [3.63, 3.8) is 0 Å². The van der Waals surface area contributed by atoms with E-state index in [2.05, 4.69) is 19.1 Å². The summed E-state index contributed by atoms with van der Waals surface area (Å²) in [5.74, 6) is -0.106. The Labute approximate surface area is 256 Å². The van der Waals surface area contributed by atoms with Gasteiger partial charge in [0.15, 0.2) is 0 Å². The molecule has 0 radical (unpaired) electrons. The summed E-state index contributed by atoms with van der Waals surface area (Å²) in [5.41, 5.74) is 1.20. The van der Waals surface area contributed by atoms with Crippen LogP contribution in [0.4, 0.5) is 0 Å². The van der Waals surface area contributed by atoms with E-state index in [1.165, 1.54) is 12.5 Å². The Kier molecular flexibility index (Phi) is 20.4. The van der Waals surface area contributed by atoms with Crippen molar-refractivity contribution in [1.29, 1.82) is 0 Å². The highest BCUT2D eigenvalue weighted by molar-refractivity contribution is 7.98. The third kappa shape index (κ3) is 18.7. The lowest BCUT2D eigenvalue weighted by Gasteiger charge is -2.21. The van der Waals surface area contributed by atoms with E-state index >= 15 is 0 Å². The number of rotatable bonds is 23. The Balaban J connectivity index is 2.54. The lowest BCUT2D eigenvalue weighted by molar-refractivity contribution is -0.161. The van der Waals surface area contributed by atoms with E-state index in [-0.39, 0.29) is 37.6 Å². The van der Waals surface area contributed by atoms with Crippen LogP contribution >= 0.6 is 11.8 Å². The summed E-state index contributed by atoms with van der Waals surface area (Å²) < 4.78 is 22.1. The third-order valence-electron chi connectivity index (χ3n) is 6.34. The molecule has 236 valence electrons. The summed E-state index contributed by atoms with van der Waals surface area (Å²) in [6, 6.07) is 10.1. The lowest BCUT2D eigenvalue weighted by Crippen LogP contribution is -2.29. The first-order chi connectivity index (χ1) is 20.2. The molecule has 0 spiro atoms. The van der Waals surface area contributed by atoms with Gasteiger partial charge in [-0.2, -0.15) is 11.8 Å². The molecule has 9 heteroatoms. The molecule has 0 fully saturated rings. The van der Waals surface area contributed by atoms with Gasteiger partial charge in [-0.05, 0) is 32.3 Å². The minimum absolute atomic E-state index is 0.0584. The molecule has 0 heterocycles.